The van der Waals surface area contributed by atoms with Crippen molar-refractivity contribution in [1.29, 1.82) is 0 Å². The van der Waals surface area contributed by atoms with E-state index in [1.165, 1.54) is 0 Å². The highest BCUT2D eigenvalue weighted by molar-refractivity contribution is 5.90. The third-order valence-corrected chi connectivity index (χ3v) is 3.59. The summed E-state index contributed by atoms with van der Waals surface area (Å²) in [5.74, 6) is -0.0407. The molecule has 1 aliphatic rings. The summed E-state index contributed by atoms with van der Waals surface area (Å²) in [5.41, 5.74) is 0.797. The quantitative estimate of drug-likeness (QED) is 0.715. The topological polar surface area (TPSA) is 73.5 Å². The molecular weight excluding hydrogens is 268 g/mol. The third kappa shape index (κ3) is 4.54. The first kappa shape index (κ1) is 15.5. The number of carbonyl (C=O) groups excluding carboxylic acids is 2. The second-order valence-corrected chi connectivity index (χ2v) is 5.03. The van der Waals surface area contributed by atoms with E-state index in [0.717, 1.165) is 18.8 Å². The molecule has 114 valence electrons. The molecule has 0 spiro atoms. The van der Waals surface area contributed by atoms with Crippen molar-refractivity contribution in [2.75, 3.05) is 38.5 Å². The van der Waals surface area contributed by atoms with Crippen LogP contribution in [0, 0.1) is 0 Å². The van der Waals surface area contributed by atoms with Gasteiger partial charge in [-0.15, -0.1) is 0 Å². The standard InChI is InChI=1S/C15H22N4O2/c1-16-15(21)13-11-17-8-10-19(13)9-7-14(20)18-12-5-3-2-4-6-12/h2-6,13,17H,7-11H2,1H3,(H,16,21)(H,18,20). The second-order valence-electron chi connectivity index (χ2n) is 5.03. The highest BCUT2D eigenvalue weighted by atomic mass is 16.2. The third-order valence-electron chi connectivity index (χ3n) is 3.59. The molecule has 1 aromatic carbocycles. The van der Waals surface area contributed by atoms with Crippen LogP contribution in [0.5, 0.6) is 0 Å². The van der Waals surface area contributed by atoms with Gasteiger partial charge in [0, 0.05) is 45.3 Å². The predicted molar refractivity (Wildman–Crippen MR) is 82.0 cm³/mol. The Kier molecular flexibility index (Phi) is 5.71. The summed E-state index contributed by atoms with van der Waals surface area (Å²) in [6.45, 7) is 2.82. The highest BCUT2D eigenvalue weighted by Gasteiger charge is 2.27. The van der Waals surface area contributed by atoms with Gasteiger partial charge in [-0.05, 0) is 12.1 Å². The van der Waals surface area contributed by atoms with Crippen molar-refractivity contribution in [2.45, 2.75) is 12.5 Å². The van der Waals surface area contributed by atoms with Gasteiger partial charge in [-0.1, -0.05) is 18.2 Å². The summed E-state index contributed by atoms with van der Waals surface area (Å²) >= 11 is 0. The van der Waals surface area contributed by atoms with Gasteiger partial charge in [0.25, 0.3) is 0 Å². The van der Waals surface area contributed by atoms with E-state index in [9.17, 15) is 9.59 Å². The van der Waals surface area contributed by atoms with Gasteiger partial charge in [0.05, 0.1) is 0 Å². The first-order chi connectivity index (χ1) is 10.2. The number of anilines is 1. The zero-order chi connectivity index (χ0) is 15.1. The van der Waals surface area contributed by atoms with Crippen molar-refractivity contribution in [2.24, 2.45) is 0 Å². The lowest BCUT2D eigenvalue weighted by Crippen LogP contribution is -2.57. The fourth-order valence-corrected chi connectivity index (χ4v) is 2.43. The molecule has 0 aliphatic carbocycles. The van der Waals surface area contributed by atoms with Crippen molar-refractivity contribution in [1.82, 2.24) is 15.5 Å². The zero-order valence-electron chi connectivity index (χ0n) is 12.3. The lowest BCUT2D eigenvalue weighted by Gasteiger charge is -2.34. The first-order valence-electron chi connectivity index (χ1n) is 7.22. The number of nitrogens with zero attached hydrogens (tertiary/aromatic N) is 1. The Labute approximate surface area is 124 Å². The van der Waals surface area contributed by atoms with Crippen LogP contribution < -0.4 is 16.0 Å². The van der Waals surface area contributed by atoms with Crippen molar-refractivity contribution in [3.63, 3.8) is 0 Å². The van der Waals surface area contributed by atoms with Gasteiger partial charge < -0.3 is 16.0 Å². The van der Waals surface area contributed by atoms with Crippen LogP contribution in [0.3, 0.4) is 0 Å². The van der Waals surface area contributed by atoms with Crippen LogP contribution >= 0.6 is 0 Å². The number of para-hydroxylation sites is 1. The van der Waals surface area contributed by atoms with Gasteiger partial charge in [-0.25, -0.2) is 0 Å². The number of benzene rings is 1. The van der Waals surface area contributed by atoms with Crippen molar-refractivity contribution >= 4 is 17.5 Å². The molecule has 21 heavy (non-hydrogen) atoms. The van der Waals surface area contributed by atoms with E-state index in [2.05, 4.69) is 20.9 Å². The van der Waals surface area contributed by atoms with Gasteiger partial charge in [0.1, 0.15) is 6.04 Å². The summed E-state index contributed by atoms with van der Waals surface area (Å²) in [5, 5.41) is 8.73. The van der Waals surface area contributed by atoms with Crippen molar-refractivity contribution in [3.8, 4) is 0 Å². The molecule has 6 nitrogen and oxygen atoms in total. The van der Waals surface area contributed by atoms with E-state index in [4.69, 9.17) is 0 Å². The van der Waals surface area contributed by atoms with Crippen LogP contribution in [0.1, 0.15) is 6.42 Å². The Balaban J connectivity index is 1.83. The summed E-state index contributed by atoms with van der Waals surface area (Å²) in [7, 11) is 1.64. The van der Waals surface area contributed by atoms with E-state index >= 15 is 0 Å². The number of hydrogen-bond donors (Lipinski definition) is 3. The SMILES string of the molecule is CNC(=O)C1CNCCN1CCC(=O)Nc1ccccc1. The lowest BCUT2D eigenvalue weighted by atomic mass is 10.1. The molecule has 2 rings (SSSR count). The fourth-order valence-electron chi connectivity index (χ4n) is 2.43. The molecule has 3 N–H and O–H groups in total. The van der Waals surface area contributed by atoms with Crippen LogP contribution in [0.4, 0.5) is 5.69 Å². The monoisotopic (exact) mass is 290 g/mol. The molecule has 0 aromatic heterocycles. The Morgan fingerprint density at radius 1 is 1.33 bits per heavy atom. The number of amides is 2. The molecule has 6 heteroatoms. The Hall–Kier alpha value is -1.92. The highest BCUT2D eigenvalue weighted by Crippen LogP contribution is 2.08. The van der Waals surface area contributed by atoms with Gasteiger partial charge in [-0.2, -0.15) is 0 Å². The molecule has 1 aromatic rings. The molecule has 0 radical (unpaired) electrons. The van der Waals surface area contributed by atoms with E-state index in [1.54, 1.807) is 7.05 Å². The van der Waals surface area contributed by atoms with Crippen molar-refractivity contribution < 1.29 is 9.59 Å². The van der Waals surface area contributed by atoms with Gasteiger partial charge >= 0.3 is 0 Å². The number of piperazine rings is 1. The van der Waals surface area contributed by atoms with E-state index in [0.29, 0.717) is 19.5 Å². The molecule has 2 amide bonds. The fraction of sp³-hybridized carbons (Fsp3) is 0.467. The Bertz CT molecular complexity index is 478. The minimum absolute atomic E-state index is 0.00864. The Morgan fingerprint density at radius 3 is 2.81 bits per heavy atom. The van der Waals surface area contributed by atoms with Crippen LogP contribution in [0.2, 0.25) is 0 Å². The molecule has 1 heterocycles. The molecule has 1 atom stereocenters. The number of likely N-dealkylation sites (N-methyl/N-ethyl adjacent to an activating group) is 1. The second kappa shape index (κ2) is 7.75. The summed E-state index contributed by atoms with van der Waals surface area (Å²) in [6.07, 6.45) is 0.377. The first-order valence-corrected chi connectivity index (χ1v) is 7.22. The van der Waals surface area contributed by atoms with Crippen LogP contribution in [-0.2, 0) is 9.59 Å². The molecule has 1 saturated heterocycles. The molecular formula is C15H22N4O2. The summed E-state index contributed by atoms with van der Waals surface area (Å²) < 4.78 is 0. The normalized spacial score (nSPS) is 19.0. The maximum absolute atomic E-state index is 11.9. The maximum atomic E-state index is 11.9. The minimum Gasteiger partial charge on any atom is -0.358 e. The molecule has 0 saturated carbocycles. The average molecular weight is 290 g/mol. The van der Waals surface area contributed by atoms with Crippen LogP contribution in [0.25, 0.3) is 0 Å². The summed E-state index contributed by atoms with van der Waals surface area (Å²) in [4.78, 5) is 25.8. The van der Waals surface area contributed by atoms with Gasteiger partial charge in [0.15, 0.2) is 0 Å². The summed E-state index contributed by atoms with van der Waals surface area (Å²) in [6, 6.07) is 9.19. The van der Waals surface area contributed by atoms with E-state index in [-0.39, 0.29) is 17.9 Å². The number of nitrogens with one attached hydrogen (secondary N) is 3. The zero-order valence-corrected chi connectivity index (χ0v) is 12.3. The largest absolute Gasteiger partial charge is 0.358 e. The van der Waals surface area contributed by atoms with Crippen LogP contribution in [0.15, 0.2) is 30.3 Å². The molecule has 1 unspecified atom stereocenters. The maximum Gasteiger partial charge on any atom is 0.238 e. The van der Waals surface area contributed by atoms with E-state index in [1.807, 2.05) is 30.3 Å². The average Bonchev–Trinajstić information content (AvgIpc) is 2.53. The van der Waals surface area contributed by atoms with E-state index < -0.39 is 0 Å². The van der Waals surface area contributed by atoms with Gasteiger partial charge in [-0.3, -0.25) is 14.5 Å². The minimum atomic E-state index is -0.201. The van der Waals surface area contributed by atoms with Gasteiger partial charge in [0.2, 0.25) is 11.8 Å². The van der Waals surface area contributed by atoms with Crippen molar-refractivity contribution in [3.05, 3.63) is 30.3 Å². The number of rotatable bonds is 5. The predicted octanol–water partition coefficient (Wildman–Crippen LogP) is 0.0350. The number of carbonyl (C=O) groups is 2. The smallest absolute Gasteiger partial charge is 0.238 e. The number of hydrogen-bond acceptors (Lipinski definition) is 4. The lowest BCUT2D eigenvalue weighted by molar-refractivity contribution is -0.127. The molecule has 1 aliphatic heterocycles. The Morgan fingerprint density at radius 2 is 2.10 bits per heavy atom. The molecule has 0 bridgehead atoms. The molecule has 1 fully saturated rings. The van der Waals surface area contributed by atoms with Crippen LogP contribution in [-0.4, -0.2) is 56.0 Å².